The molecule has 1 N–H and O–H groups in total. The standard InChI is InChI=1S/C13H24N2O3/c1-5-15(10-6-7-10)11(16)8-14(9-12(17)18)13(2,3)4/h10H,5-9H2,1-4H3,(H,17,18). The van der Waals surface area contributed by atoms with Crippen molar-refractivity contribution in [2.24, 2.45) is 0 Å². The zero-order chi connectivity index (χ0) is 13.9. The van der Waals surface area contributed by atoms with Crippen molar-refractivity contribution in [2.45, 2.75) is 52.1 Å². The fourth-order valence-electron chi connectivity index (χ4n) is 1.97. The number of hydrogen-bond acceptors (Lipinski definition) is 3. The van der Waals surface area contributed by atoms with Gasteiger partial charge < -0.3 is 10.0 Å². The van der Waals surface area contributed by atoms with Crippen LogP contribution in [0.3, 0.4) is 0 Å². The molecule has 0 unspecified atom stereocenters. The Labute approximate surface area is 109 Å². The third-order valence-electron chi connectivity index (χ3n) is 3.25. The van der Waals surface area contributed by atoms with Crippen molar-refractivity contribution in [3.05, 3.63) is 0 Å². The molecule has 104 valence electrons. The molecular weight excluding hydrogens is 232 g/mol. The van der Waals surface area contributed by atoms with Crippen LogP contribution in [-0.4, -0.2) is 58.0 Å². The van der Waals surface area contributed by atoms with Gasteiger partial charge in [-0.2, -0.15) is 0 Å². The molecule has 5 nitrogen and oxygen atoms in total. The van der Waals surface area contributed by atoms with Crippen molar-refractivity contribution in [3.63, 3.8) is 0 Å². The van der Waals surface area contributed by atoms with Crippen LogP contribution in [0.5, 0.6) is 0 Å². The summed E-state index contributed by atoms with van der Waals surface area (Å²) in [4.78, 5) is 26.6. The van der Waals surface area contributed by atoms with E-state index in [4.69, 9.17) is 5.11 Å². The first-order valence-corrected chi connectivity index (χ1v) is 6.52. The Morgan fingerprint density at radius 2 is 1.78 bits per heavy atom. The molecule has 1 aliphatic carbocycles. The van der Waals surface area contributed by atoms with Gasteiger partial charge in [-0.25, -0.2) is 0 Å². The maximum absolute atomic E-state index is 12.2. The molecule has 0 spiro atoms. The van der Waals surface area contributed by atoms with E-state index in [0.29, 0.717) is 12.6 Å². The highest BCUT2D eigenvalue weighted by Crippen LogP contribution is 2.27. The maximum atomic E-state index is 12.2. The highest BCUT2D eigenvalue weighted by molar-refractivity contribution is 5.80. The highest BCUT2D eigenvalue weighted by Gasteiger charge is 2.34. The van der Waals surface area contributed by atoms with Crippen LogP contribution in [0.2, 0.25) is 0 Å². The van der Waals surface area contributed by atoms with Crippen LogP contribution in [0.1, 0.15) is 40.5 Å². The first-order chi connectivity index (χ1) is 8.25. The Balaban J connectivity index is 2.64. The molecule has 1 aliphatic rings. The molecule has 0 radical (unpaired) electrons. The van der Waals surface area contributed by atoms with Crippen LogP contribution < -0.4 is 0 Å². The number of carboxylic acid groups (broad SMARTS) is 1. The van der Waals surface area contributed by atoms with Crippen LogP contribution in [-0.2, 0) is 9.59 Å². The fourth-order valence-corrected chi connectivity index (χ4v) is 1.97. The van der Waals surface area contributed by atoms with Crippen LogP contribution in [0.4, 0.5) is 0 Å². The third-order valence-corrected chi connectivity index (χ3v) is 3.25. The van der Waals surface area contributed by atoms with Gasteiger partial charge in [0.25, 0.3) is 0 Å². The fraction of sp³-hybridized carbons (Fsp3) is 0.846. The van der Waals surface area contributed by atoms with E-state index in [-0.39, 0.29) is 24.5 Å². The third kappa shape index (κ3) is 4.29. The van der Waals surface area contributed by atoms with Gasteiger partial charge in [-0.3, -0.25) is 14.5 Å². The van der Waals surface area contributed by atoms with Gasteiger partial charge in [-0.15, -0.1) is 0 Å². The number of carbonyl (C=O) groups is 2. The van der Waals surface area contributed by atoms with Crippen molar-refractivity contribution in [2.75, 3.05) is 19.6 Å². The molecule has 0 aromatic rings. The number of aliphatic carboxylic acids is 1. The molecule has 0 saturated heterocycles. The minimum atomic E-state index is -0.896. The van der Waals surface area contributed by atoms with Gasteiger partial charge in [0.05, 0.1) is 13.1 Å². The molecule has 1 rings (SSSR count). The lowest BCUT2D eigenvalue weighted by Gasteiger charge is -2.35. The van der Waals surface area contributed by atoms with Crippen molar-refractivity contribution in [1.29, 1.82) is 0 Å². The van der Waals surface area contributed by atoms with Crippen LogP contribution >= 0.6 is 0 Å². The molecule has 1 amide bonds. The number of nitrogens with zero attached hydrogens (tertiary/aromatic N) is 2. The maximum Gasteiger partial charge on any atom is 0.317 e. The van der Waals surface area contributed by atoms with Gasteiger partial charge in [-0.05, 0) is 40.5 Å². The molecule has 1 fully saturated rings. The number of likely N-dealkylation sites (N-methyl/N-ethyl adjacent to an activating group) is 1. The SMILES string of the molecule is CCN(C(=O)CN(CC(=O)O)C(C)(C)C)C1CC1. The van der Waals surface area contributed by atoms with E-state index in [9.17, 15) is 9.59 Å². The van der Waals surface area contributed by atoms with Gasteiger partial charge in [-0.1, -0.05) is 0 Å². The summed E-state index contributed by atoms with van der Waals surface area (Å²) in [6.07, 6.45) is 2.15. The quantitative estimate of drug-likeness (QED) is 0.775. The second kappa shape index (κ2) is 5.69. The molecule has 0 bridgehead atoms. The monoisotopic (exact) mass is 256 g/mol. The first kappa shape index (κ1) is 15.0. The Morgan fingerprint density at radius 1 is 1.22 bits per heavy atom. The van der Waals surface area contributed by atoms with Gasteiger partial charge in [0, 0.05) is 18.1 Å². The lowest BCUT2D eigenvalue weighted by atomic mass is 10.1. The summed E-state index contributed by atoms with van der Waals surface area (Å²) in [5.74, 6) is -0.858. The molecule has 5 heteroatoms. The Hall–Kier alpha value is -1.10. The van der Waals surface area contributed by atoms with Gasteiger partial charge in [0.1, 0.15) is 0 Å². The Bertz CT molecular complexity index is 319. The number of amides is 1. The molecule has 0 aromatic carbocycles. The summed E-state index contributed by atoms with van der Waals surface area (Å²) in [7, 11) is 0. The van der Waals surface area contributed by atoms with Crippen molar-refractivity contribution in [1.82, 2.24) is 9.80 Å². The molecule has 0 aromatic heterocycles. The average Bonchev–Trinajstić information content (AvgIpc) is 3.00. The largest absolute Gasteiger partial charge is 0.480 e. The van der Waals surface area contributed by atoms with Crippen molar-refractivity contribution < 1.29 is 14.7 Å². The zero-order valence-electron chi connectivity index (χ0n) is 11.8. The lowest BCUT2D eigenvalue weighted by molar-refractivity contribution is -0.142. The van der Waals surface area contributed by atoms with E-state index >= 15 is 0 Å². The van der Waals surface area contributed by atoms with Crippen LogP contribution in [0.15, 0.2) is 0 Å². The predicted octanol–water partition coefficient (Wildman–Crippen LogP) is 1.18. The van der Waals surface area contributed by atoms with Gasteiger partial charge >= 0.3 is 5.97 Å². The van der Waals surface area contributed by atoms with E-state index in [2.05, 4.69) is 0 Å². The first-order valence-electron chi connectivity index (χ1n) is 6.52. The van der Waals surface area contributed by atoms with E-state index in [1.165, 1.54) is 0 Å². The molecule has 1 saturated carbocycles. The lowest BCUT2D eigenvalue weighted by Crippen LogP contribution is -2.50. The summed E-state index contributed by atoms with van der Waals surface area (Å²) < 4.78 is 0. The number of carboxylic acids is 1. The van der Waals surface area contributed by atoms with Crippen molar-refractivity contribution >= 4 is 11.9 Å². The molecule has 18 heavy (non-hydrogen) atoms. The van der Waals surface area contributed by atoms with E-state index in [0.717, 1.165) is 12.8 Å². The van der Waals surface area contributed by atoms with E-state index in [1.807, 2.05) is 32.6 Å². The van der Waals surface area contributed by atoms with Crippen LogP contribution in [0.25, 0.3) is 0 Å². The summed E-state index contributed by atoms with van der Waals surface area (Å²) in [5, 5.41) is 8.91. The minimum absolute atomic E-state index is 0.0381. The molecule has 0 heterocycles. The highest BCUT2D eigenvalue weighted by atomic mass is 16.4. The number of hydrogen-bond donors (Lipinski definition) is 1. The van der Waals surface area contributed by atoms with E-state index < -0.39 is 5.97 Å². The Morgan fingerprint density at radius 3 is 2.11 bits per heavy atom. The Kier molecular flexibility index (Phi) is 4.73. The summed E-state index contributed by atoms with van der Waals surface area (Å²) >= 11 is 0. The summed E-state index contributed by atoms with van der Waals surface area (Å²) in [6, 6.07) is 0.383. The number of carbonyl (C=O) groups excluding carboxylic acids is 1. The normalized spacial score (nSPS) is 15.8. The molecular formula is C13H24N2O3. The zero-order valence-corrected chi connectivity index (χ0v) is 11.8. The summed E-state index contributed by atoms with van der Waals surface area (Å²) in [5.41, 5.74) is -0.322. The van der Waals surface area contributed by atoms with Crippen molar-refractivity contribution in [3.8, 4) is 0 Å². The smallest absolute Gasteiger partial charge is 0.317 e. The minimum Gasteiger partial charge on any atom is -0.480 e. The van der Waals surface area contributed by atoms with Gasteiger partial charge in [0.2, 0.25) is 5.91 Å². The average molecular weight is 256 g/mol. The summed E-state index contributed by atoms with van der Waals surface area (Å²) in [6.45, 7) is 8.53. The van der Waals surface area contributed by atoms with Gasteiger partial charge in [0.15, 0.2) is 0 Å². The van der Waals surface area contributed by atoms with E-state index in [1.54, 1.807) is 4.90 Å². The second-order valence-electron chi connectivity index (χ2n) is 5.83. The second-order valence-corrected chi connectivity index (χ2v) is 5.83. The topological polar surface area (TPSA) is 60.9 Å². The molecule has 0 aliphatic heterocycles. The molecule has 0 atom stereocenters. The predicted molar refractivity (Wildman–Crippen MR) is 69.4 cm³/mol. The van der Waals surface area contributed by atoms with Crippen LogP contribution in [0, 0.1) is 0 Å². The number of rotatable bonds is 6.